The molecular weight excluding hydrogens is 140 g/mol. The minimum Gasteiger partial charge on any atom is -0.302 e. The zero-order chi connectivity index (χ0) is 8.10. The molecule has 0 aliphatic carbocycles. The van der Waals surface area contributed by atoms with Crippen molar-refractivity contribution in [1.29, 1.82) is 0 Å². The number of carbonyl (C=O) groups excluding carboxylic acids is 2. The van der Waals surface area contributed by atoms with Crippen molar-refractivity contribution >= 4 is 12.6 Å². The van der Waals surface area contributed by atoms with Crippen LogP contribution in [0.1, 0.15) is 11.5 Å². The summed E-state index contributed by atoms with van der Waals surface area (Å²) in [6, 6.07) is 8.84. The minimum absolute atomic E-state index is 0.586. The van der Waals surface area contributed by atoms with E-state index in [9.17, 15) is 9.59 Å². The molecule has 1 aromatic rings. The Morgan fingerprint density at radius 3 is 2.36 bits per heavy atom. The molecule has 0 saturated heterocycles. The van der Waals surface area contributed by atoms with Crippen molar-refractivity contribution in [3.8, 4) is 0 Å². The molecule has 1 rings (SSSR count). The molecule has 0 saturated carbocycles. The molecule has 0 aliphatic rings. The molecule has 0 amide bonds. The molecule has 55 valence electrons. The summed E-state index contributed by atoms with van der Waals surface area (Å²) in [5.41, 5.74) is 0.692. The Hall–Kier alpha value is -1.44. The SMILES string of the molecule is O=[C]C(C=O)c1ccccc1. The zero-order valence-corrected chi connectivity index (χ0v) is 5.86. The first kappa shape index (κ1) is 7.66. The van der Waals surface area contributed by atoms with E-state index in [1.807, 2.05) is 6.07 Å². The fourth-order valence-electron chi connectivity index (χ4n) is 0.835. The highest BCUT2D eigenvalue weighted by Gasteiger charge is 2.07. The van der Waals surface area contributed by atoms with Crippen molar-refractivity contribution in [2.75, 3.05) is 0 Å². The molecule has 1 aromatic carbocycles. The van der Waals surface area contributed by atoms with E-state index >= 15 is 0 Å². The lowest BCUT2D eigenvalue weighted by Crippen LogP contribution is -2.00. The van der Waals surface area contributed by atoms with Crippen LogP contribution < -0.4 is 0 Å². The van der Waals surface area contributed by atoms with Crippen molar-refractivity contribution in [2.45, 2.75) is 5.92 Å². The van der Waals surface area contributed by atoms with Gasteiger partial charge in [-0.25, -0.2) is 0 Å². The molecule has 0 aromatic heterocycles. The average Bonchev–Trinajstić information content (AvgIpc) is 2.09. The van der Waals surface area contributed by atoms with E-state index in [1.165, 1.54) is 0 Å². The Bertz CT molecular complexity index is 233. The van der Waals surface area contributed by atoms with Gasteiger partial charge in [0.2, 0.25) is 6.29 Å². The highest BCUT2D eigenvalue weighted by atomic mass is 16.1. The number of hydrogen-bond acceptors (Lipinski definition) is 2. The van der Waals surface area contributed by atoms with Crippen LogP contribution in [0, 0.1) is 0 Å². The number of carbonyl (C=O) groups is 1. The first-order chi connectivity index (χ1) is 5.38. The third-order valence-electron chi connectivity index (χ3n) is 1.42. The summed E-state index contributed by atoms with van der Waals surface area (Å²) in [6.45, 7) is 0. The van der Waals surface area contributed by atoms with E-state index in [2.05, 4.69) is 0 Å². The number of rotatable bonds is 3. The lowest BCUT2D eigenvalue weighted by atomic mass is 10.0. The van der Waals surface area contributed by atoms with Gasteiger partial charge in [-0.1, -0.05) is 30.3 Å². The standard InChI is InChI=1S/C9H7O2/c10-6-9(7-11)8-4-2-1-3-5-8/h1-6,9H. The van der Waals surface area contributed by atoms with Gasteiger partial charge in [-0.05, 0) is 5.56 Å². The summed E-state index contributed by atoms with van der Waals surface area (Å²) >= 11 is 0. The smallest absolute Gasteiger partial charge is 0.214 e. The third kappa shape index (κ3) is 1.74. The van der Waals surface area contributed by atoms with E-state index in [0.29, 0.717) is 11.8 Å². The summed E-state index contributed by atoms with van der Waals surface area (Å²) in [6.07, 6.45) is 2.24. The van der Waals surface area contributed by atoms with Crippen molar-refractivity contribution < 1.29 is 9.59 Å². The van der Waals surface area contributed by atoms with Gasteiger partial charge in [0, 0.05) is 0 Å². The van der Waals surface area contributed by atoms with E-state index in [4.69, 9.17) is 0 Å². The number of aldehydes is 1. The van der Waals surface area contributed by atoms with Crippen molar-refractivity contribution in [2.24, 2.45) is 0 Å². The summed E-state index contributed by atoms with van der Waals surface area (Å²) in [7, 11) is 0. The van der Waals surface area contributed by atoms with Gasteiger partial charge in [0.15, 0.2) is 0 Å². The molecule has 0 bridgehead atoms. The maximum absolute atomic E-state index is 10.3. The Kier molecular flexibility index (Phi) is 2.55. The predicted octanol–water partition coefficient (Wildman–Crippen LogP) is 1.08. The van der Waals surface area contributed by atoms with E-state index in [0.717, 1.165) is 0 Å². The molecule has 1 radical (unpaired) electrons. The largest absolute Gasteiger partial charge is 0.302 e. The van der Waals surface area contributed by atoms with E-state index in [1.54, 1.807) is 30.6 Å². The van der Waals surface area contributed by atoms with Gasteiger partial charge in [-0.15, -0.1) is 0 Å². The van der Waals surface area contributed by atoms with E-state index in [-0.39, 0.29) is 0 Å². The highest BCUT2D eigenvalue weighted by Crippen LogP contribution is 2.09. The van der Waals surface area contributed by atoms with Crippen LogP contribution in [0.25, 0.3) is 0 Å². The fourth-order valence-corrected chi connectivity index (χ4v) is 0.835. The Morgan fingerprint density at radius 2 is 1.91 bits per heavy atom. The molecule has 0 heterocycles. The summed E-state index contributed by atoms with van der Waals surface area (Å²) in [5, 5.41) is 0. The van der Waals surface area contributed by atoms with E-state index < -0.39 is 5.92 Å². The van der Waals surface area contributed by atoms with Crippen LogP contribution in [-0.4, -0.2) is 12.6 Å². The highest BCUT2D eigenvalue weighted by molar-refractivity contribution is 5.85. The lowest BCUT2D eigenvalue weighted by molar-refractivity contribution is -0.107. The van der Waals surface area contributed by atoms with Crippen LogP contribution in [0.3, 0.4) is 0 Å². The normalized spacial score (nSPS) is 9.55. The van der Waals surface area contributed by atoms with Gasteiger partial charge in [0.25, 0.3) is 0 Å². The first-order valence-corrected chi connectivity index (χ1v) is 3.26. The number of hydrogen-bond donors (Lipinski definition) is 0. The molecule has 1 atom stereocenters. The van der Waals surface area contributed by atoms with Crippen LogP contribution in [0.4, 0.5) is 0 Å². The van der Waals surface area contributed by atoms with Crippen LogP contribution in [-0.2, 0) is 9.59 Å². The van der Waals surface area contributed by atoms with Crippen LogP contribution in [0.15, 0.2) is 30.3 Å². The van der Waals surface area contributed by atoms with Crippen LogP contribution in [0.2, 0.25) is 0 Å². The minimum atomic E-state index is -0.726. The van der Waals surface area contributed by atoms with Crippen LogP contribution >= 0.6 is 0 Å². The average molecular weight is 147 g/mol. The second-order valence-corrected chi connectivity index (χ2v) is 2.14. The van der Waals surface area contributed by atoms with Gasteiger partial charge in [-0.2, -0.15) is 0 Å². The fraction of sp³-hybridized carbons (Fsp3) is 0.111. The molecule has 1 unspecified atom stereocenters. The van der Waals surface area contributed by atoms with Gasteiger partial charge >= 0.3 is 0 Å². The summed E-state index contributed by atoms with van der Waals surface area (Å²) in [5.74, 6) is -0.726. The van der Waals surface area contributed by atoms with Crippen molar-refractivity contribution in [3.63, 3.8) is 0 Å². The van der Waals surface area contributed by atoms with Gasteiger partial charge in [-0.3, -0.25) is 4.79 Å². The first-order valence-electron chi connectivity index (χ1n) is 3.26. The molecule has 0 spiro atoms. The Labute approximate surface area is 64.8 Å². The monoisotopic (exact) mass is 147 g/mol. The quantitative estimate of drug-likeness (QED) is 0.473. The maximum Gasteiger partial charge on any atom is 0.214 e. The topological polar surface area (TPSA) is 34.1 Å². The molecule has 0 N–H and O–H groups in total. The Morgan fingerprint density at radius 1 is 1.27 bits per heavy atom. The number of benzene rings is 1. The predicted molar refractivity (Wildman–Crippen MR) is 40.9 cm³/mol. The Balaban J connectivity index is 2.90. The van der Waals surface area contributed by atoms with Crippen LogP contribution in [0.5, 0.6) is 0 Å². The molecule has 11 heavy (non-hydrogen) atoms. The molecule has 2 heteroatoms. The second-order valence-electron chi connectivity index (χ2n) is 2.14. The van der Waals surface area contributed by atoms with Crippen molar-refractivity contribution in [1.82, 2.24) is 0 Å². The van der Waals surface area contributed by atoms with Crippen molar-refractivity contribution in [3.05, 3.63) is 35.9 Å². The molecular formula is C9H7O2. The molecule has 0 aliphatic heterocycles. The second kappa shape index (κ2) is 3.66. The summed E-state index contributed by atoms with van der Waals surface area (Å²) in [4.78, 5) is 20.5. The maximum atomic E-state index is 10.3. The zero-order valence-electron chi connectivity index (χ0n) is 5.86. The van der Waals surface area contributed by atoms with Gasteiger partial charge in [0.05, 0.1) is 0 Å². The lowest BCUT2D eigenvalue weighted by Gasteiger charge is -1.98. The summed E-state index contributed by atoms with van der Waals surface area (Å²) < 4.78 is 0. The van der Waals surface area contributed by atoms with Gasteiger partial charge in [0.1, 0.15) is 12.2 Å². The third-order valence-corrected chi connectivity index (χ3v) is 1.42. The molecule has 0 fully saturated rings. The van der Waals surface area contributed by atoms with Gasteiger partial charge < -0.3 is 4.79 Å². The molecule has 2 nitrogen and oxygen atoms in total.